The smallest absolute Gasteiger partial charge is 0.358 e. The third-order valence-electron chi connectivity index (χ3n) is 2.46. The molecule has 0 radical (unpaired) electrons. The molecule has 2 aromatic rings. The largest absolute Gasteiger partial charge is 0.464 e. The van der Waals surface area contributed by atoms with Crippen LogP contribution in [0.2, 0.25) is 5.02 Å². The average Bonchev–Trinajstić information content (AvgIpc) is 2.70. The third kappa shape index (κ3) is 2.32. The van der Waals surface area contributed by atoms with Crippen LogP contribution in [-0.2, 0) is 4.74 Å². The van der Waals surface area contributed by atoms with Crippen LogP contribution in [0.1, 0.15) is 16.1 Å². The van der Waals surface area contributed by atoms with Crippen molar-refractivity contribution in [2.24, 2.45) is 0 Å². The van der Waals surface area contributed by atoms with Crippen LogP contribution in [0.5, 0.6) is 0 Å². The van der Waals surface area contributed by atoms with Gasteiger partial charge in [-0.15, -0.1) is 0 Å². The molecule has 4 nitrogen and oxygen atoms in total. The molecular weight excluding hydrogens is 272 g/mol. The van der Waals surface area contributed by atoms with E-state index in [4.69, 9.17) is 22.1 Å². The number of aromatic nitrogens is 1. The highest BCUT2D eigenvalue weighted by Gasteiger charge is 2.20. The van der Waals surface area contributed by atoms with Gasteiger partial charge in [-0.05, 0) is 30.2 Å². The molecule has 0 spiro atoms. The lowest BCUT2D eigenvalue weighted by atomic mass is 10.1. The predicted octanol–water partition coefficient (Wildman–Crippen LogP) is 3.14. The molecule has 18 heavy (non-hydrogen) atoms. The van der Waals surface area contributed by atoms with Crippen LogP contribution in [0.15, 0.2) is 18.2 Å². The van der Waals surface area contributed by atoms with Crippen molar-refractivity contribution < 1.29 is 9.53 Å². The maximum atomic E-state index is 11.6. The molecular formula is C12H11ClN2O2S. The Kier molecular flexibility index (Phi) is 3.54. The average molecular weight is 283 g/mol. The molecule has 6 heteroatoms. The zero-order valence-electron chi connectivity index (χ0n) is 9.86. The van der Waals surface area contributed by atoms with E-state index in [1.54, 1.807) is 6.07 Å². The molecule has 0 amide bonds. The number of ether oxygens (including phenoxy) is 1. The van der Waals surface area contributed by atoms with Crippen molar-refractivity contribution in [1.29, 1.82) is 0 Å². The number of anilines is 1. The highest BCUT2D eigenvalue weighted by molar-refractivity contribution is 7.19. The first-order chi connectivity index (χ1) is 8.52. The van der Waals surface area contributed by atoms with Gasteiger partial charge >= 0.3 is 5.97 Å². The Hall–Kier alpha value is -1.59. The summed E-state index contributed by atoms with van der Waals surface area (Å²) in [7, 11) is 1.32. The normalized spacial score (nSPS) is 10.4. The molecule has 0 atom stereocenters. The first-order valence-electron chi connectivity index (χ1n) is 5.14. The maximum absolute atomic E-state index is 11.6. The summed E-state index contributed by atoms with van der Waals surface area (Å²) >= 11 is 7.16. The van der Waals surface area contributed by atoms with Crippen molar-refractivity contribution in [2.75, 3.05) is 12.8 Å². The lowest BCUT2D eigenvalue weighted by Crippen LogP contribution is -2.03. The minimum Gasteiger partial charge on any atom is -0.464 e. The fourth-order valence-electron chi connectivity index (χ4n) is 1.64. The number of esters is 1. The van der Waals surface area contributed by atoms with Crippen LogP contribution >= 0.6 is 22.9 Å². The van der Waals surface area contributed by atoms with E-state index < -0.39 is 5.97 Å². The monoisotopic (exact) mass is 282 g/mol. The Bertz CT molecular complexity index is 610. The number of halogens is 1. The number of carbonyl (C=O) groups excluding carboxylic acids is 1. The van der Waals surface area contributed by atoms with Crippen LogP contribution in [0, 0.1) is 6.92 Å². The molecule has 2 rings (SSSR count). The van der Waals surface area contributed by atoms with E-state index in [-0.39, 0.29) is 5.69 Å². The fourth-order valence-corrected chi connectivity index (χ4v) is 2.77. The number of nitrogens with two attached hydrogens (primary N) is 1. The van der Waals surface area contributed by atoms with Gasteiger partial charge in [0.25, 0.3) is 0 Å². The number of rotatable bonds is 2. The summed E-state index contributed by atoms with van der Waals surface area (Å²) in [5.41, 5.74) is 7.74. The van der Waals surface area contributed by atoms with E-state index in [9.17, 15) is 4.79 Å². The number of nitrogens with zero attached hydrogens (tertiary/aromatic N) is 1. The molecule has 0 aliphatic heterocycles. The minimum atomic E-state index is -0.493. The van der Waals surface area contributed by atoms with E-state index in [1.807, 2.05) is 19.1 Å². The SMILES string of the molecule is COC(=O)c1nc(N)sc1-c1ccc(Cl)cc1C. The molecule has 0 aliphatic rings. The molecule has 0 fully saturated rings. The van der Waals surface area contributed by atoms with Crippen molar-refractivity contribution in [1.82, 2.24) is 4.98 Å². The first-order valence-corrected chi connectivity index (χ1v) is 6.33. The quantitative estimate of drug-likeness (QED) is 0.860. The molecule has 1 aromatic heterocycles. The van der Waals surface area contributed by atoms with Crippen molar-refractivity contribution >= 4 is 34.0 Å². The molecule has 0 unspecified atom stereocenters. The van der Waals surface area contributed by atoms with Crippen LogP contribution in [0.3, 0.4) is 0 Å². The van der Waals surface area contributed by atoms with Crippen LogP contribution in [0.25, 0.3) is 10.4 Å². The Morgan fingerprint density at radius 3 is 2.83 bits per heavy atom. The summed E-state index contributed by atoms with van der Waals surface area (Å²) in [5, 5.41) is 0.980. The van der Waals surface area contributed by atoms with Gasteiger partial charge in [-0.25, -0.2) is 9.78 Å². The fraction of sp³-hybridized carbons (Fsp3) is 0.167. The standard InChI is InChI=1S/C12H11ClN2O2S/c1-6-5-7(13)3-4-8(6)10-9(11(16)17-2)15-12(14)18-10/h3-5H,1-2H3,(H2,14,15). The van der Waals surface area contributed by atoms with Crippen LogP contribution in [0.4, 0.5) is 5.13 Å². The highest BCUT2D eigenvalue weighted by atomic mass is 35.5. The van der Waals surface area contributed by atoms with Crippen molar-refractivity contribution in [3.63, 3.8) is 0 Å². The Labute approximate surface area is 113 Å². The van der Waals surface area contributed by atoms with Crippen molar-refractivity contribution in [3.05, 3.63) is 34.5 Å². The van der Waals surface area contributed by atoms with Gasteiger partial charge < -0.3 is 10.5 Å². The zero-order valence-corrected chi connectivity index (χ0v) is 11.4. The second kappa shape index (κ2) is 4.96. The number of hydrogen-bond acceptors (Lipinski definition) is 5. The predicted molar refractivity (Wildman–Crippen MR) is 73.0 cm³/mol. The topological polar surface area (TPSA) is 65.2 Å². The van der Waals surface area contributed by atoms with Crippen LogP contribution in [-0.4, -0.2) is 18.1 Å². The molecule has 94 valence electrons. The molecule has 0 bridgehead atoms. The van der Waals surface area contributed by atoms with Gasteiger partial charge in [-0.3, -0.25) is 0 Å². The summed E-state index contributed by atoms with van der Waals surface area (Å²) in [6.45, 7) is 1.91. The van der Waals surface area contributed by atoms with Gasteiger partial charge in [0.2, 0.25) is 0 Å². The van der Waals surface area contributed by atoms with E-state index in [0.717, 1.165) is 11.1 Å². The maximum Gasteiger partial charge on any atom is 0.358 e. The molecule has 0 saturated heterocycles. The van der Waals surface area contributed by atoms with Gasteiger partial charge in [0.1, 0.15) is 0 Å². The molecule has 1 heterocycles. The first kappa shape index (κ1) is 12.9. The second-order valence-electron chi connectivity index (χ2n) is 3.68. The Morgan fingerprint density at radius 2 is 2.22 bits per heavy atom. The molecule has 0 aliphatic carbocycles. The molecule has 0 saturated carbocycles. The van der Waals surface area contributed by atoms with Gasteiger partial charge in [0.15, 0.2) is 10.8 Å². The van der Waals surface area contributed by atoms with Crippen molar-refractivity contribution in [3.8, 4) is 10.4 Å². The number of hydrogen-bond donors (Lipinski definition) is 1. The van der Waals surface area contributed by atoms with Crippen molar-refractivity contribution in [2.45, 2.75) is 6.92 Å². The van der Waals surface area contributed by atoms with E-state index >= 15 is 0 Å². The van der Waals surface area contributed by atoms with Gasteiger partial charge in [-0.2, -0.15) is 0 Å². The second-order valence-corrected chi connectivity index (χ2v) is 5.15. The lowest BCUT2D eigenvalue weighted by Gasteiger charge is -2.05. The Morgan fingerprint density at radius 1 is 1.50 bits per heavy atom. The minimum absolute atomic E-state index is 0.241. The van der Waals surface area contributed by atoms with Crippen LogP contribution < -0.4 is 5.73 Å². The molecule has 1 aromatic carbocycles. The van der Waals surface area contributed by atoms with Gasteiger partial charge in [0, 0.05) is 5.02 Å². The summed E-state index contributed by atoms with van der Waals surface area (Å²) < 4.78 is 4.70. The number of thiazole rings is 1. The lowest BCUT2D eigenvalue weighted by molar-refractivity contribution is 0.0596. The van der Waals surface area contributed by atoms with E-state index in [0.29, 0.717) is 15.0 Å². The summed E-state index contributed by atoms with van der Waals surface area (Å²) in [4.78, 5) is 16.4. The van der Waals surface area contributed by atoms with E-state index in [1.165, 1.54) is 18.4 Å². The van der Waals surface area contributed by atoms with E-state index in [2.05, 4.69) is 4.98 Å². The van der Waals surface area contributed by atoms with Gasteiger partial charge in [0.05, 0.1) is 12.0 Å². The highest BCUT2D eigenvalue weighted by Crippen LogP contribution is 2.35. The Balaban J connectivity index is 2.60. The number of aryl methyl sites for hydroxylation is 1. The summed E-state index contributed by atoms with van der Waals surface area (Å²) in [6.07, 6.45) is 0. The number of nitrogen functional groups attached to an aromatic ring is 1. The number of methoxy groups -OCH3 is 1. The summed E-state index contributed by atoms with van der Waals surface area (Å²) in [6, 6.07) is 5.44. The third-order valence-corrected chi connectivity index (χ3v) is 3.61. The zero-order chi connectivity index (χ0) is 13.3. The summed E-state index contributed by atoms with van der Waals surface area (Å²) in [5.74, 6) is -0.493. The number of carbonyl (C=O) groups is 1. The number of benzene rings is 1. The van der Waals surface area contributed by atoms with Gasteiger partial charge in [-0.1, -0.05) is 29.0 Å². The molecule has 2 N–H and O–H groups in total.